The quantitative estimate of drug-likeness (QED) is 0.805. The Morgan fingerprint density at radius 3 is 2.67 bits per heavy atom. The molecule has 0 atom stereocenters. The van der Waals surface area contributed by atoms with Crippen molar-refractivity contribution in [3.63, 3.8) is 0 Å². The molecule has 0 saturated heterocycles. The van der Waals surface area contributed by atoms with Gasteiger partial charge in [-0.1, -0.05) is 15.9 Å². The van der Waals surface area contributed by atoms with Crippen LogP contribution in [0.4, 0.5) is 0 Å². The molecule has 0 aromatic heterocycles. The second-order valence-electron chi connectivity index (χ2n) is 2.76. The van der Waals surface area contributed by atoms with Gasteiger partial charge in [0.1, 0.15) is 6.07 Å². The zero-order valence-corrected chi connectivity index (χ0v) is 10.7. The number of nitriles is 1. The summed E-state index contributed by atoms with van der Waals surface area (Å²) in [6, 6.07) is 6.31. The lowest BCUT2D eigenvalue weighted by Crippen LogP contribution is -2.09. The lowest BCUT2D eigenvalue weighted by Gasteiger charge is -2.04. The molecule has 1 aromatic rings. The number of benzene rings is 1. The fourth-order valence-corrected chi connectivity index (χ4v) is 3.18. The molecule has 0 amide bonds. The van der Waals surface area contributed by atoms with Gasteiger partial charge < -0.3 is 0 Å². The molecule has 0 radical (unpaired) electrons. The Kier molecular flexibility index (Phi) is 4.14. The van der Waals surface area contributed by atoms with Gasteiger partial charge in [-0.2, -0.15) is 5.26 Å². The van der Waals surface area contributed by atoms with Crippen LogP contribution in [-0.2, 0) is 9.84 Å². The maximum absolute atomic E-state index is 11.7. The first kappa shape index (κ1) is 12.5. The smallest absolute Gasteiger partial charge is 0.180 e. The van der Waals surface area contributed by atoms with Gasteiger partial charge in [0.2, 0.25) is 0 Å². The molecule has 1 aromatic carbocycles. The van der Waals surface area contributed by atoms with E-state index in [4.69, 9.17) is 16.9 Å². The first-order valence-electron chi connectivity index (χ1n) is 3.99. The molecule has 0 heterocycles. The van der Waals surface area contributed by atoms with Crippen LogP contribution in [-0.4, -0.2) is 20.1 Å². The SMILES string of the molecule is N#Cc1cc(Br)ccc1S(=O)(=O)CCCl. The Bertz CT molecular complexity index is 507. The van der Waals surface area contributed by atoms with Crippen molar-refractivity contribution < 1.29 is 8.42 Å². The fourth-order valence-electron chi connectivity index (χ4n) is 1.07. The van der Waals surface area contributed by atoms with Crippen molar-refractivity contribution in [1.29, 1.82) is 5.26 Å². The first-order valence-corrected chi connectivity index (χ1v) is 6.97. The van der Waals surface area contributed by atoms with Crippen LogP contribution in [0, 0.1) is 11.3 Å². The van der Waals surface area contributed by atoms with Crippen LogP contribution in [0.15, 0.2) is 27.6 Å². The van der Waals surface area contributed by atoms with Gasteiger partial charge in [0.05, 0.1) is 16.2 Å². The van der Waals surface area contributed by atoms with Crippen molar-refractivity contribution in [2.24, 2.45) is 0 Å². The molecule has 3 nitrogen and oxygen atoms in total. The van der Waals surface area contributed by atoms with Crippen molar-refractivity contribution >= 4 is 37.4 Å². The van der Waals surface area contributed by atoms with E-state index in [9.17, 15) is 8.42 Å². The predicted molar refractivity (Wildman–Crippen MR) is 61.6 cm³/mol. The summed E-state index contributed by atoms with van der Waals surface area (Å²) in [5.41, 5.74) is 0.134. The van der Waals surface area contributed by atoms with E-state index in [0.717, 1.165) is 0 Å². The first-order chi connectivity index (χ1) is 7.01. The predicted octanol–water partition coefficient (Wildman–Crippen LogP) is 2.33. The second-order valence-corrected chi connectivity index (χ2v) is 6.13. The number of rotatable bonds is 3. The summed E-state index contributed by atoms with van der Waals surface area (Å²) < 4.78 is 24.0. The van der Waals surface area contributed by atoms with E-state index in [2.05, 4.69) is 15.9 Å². The minimum Gasteiger partial charge on any atom is -0.224 e. The van der Waals surface area contributed by atoms with E-state index < -0.39 is 9.84 Å². The number of hydrogen-bond donors (Lipinski definition) is 0. The average Bonchev–Trinajstić information content (AvgIpc) is 2.17. The van der Waals surface area contributed by atoms with Crippen LogP contribution < -0.4 is 0 Å². The zero-order chi connectivity index (χ0) is 11.5. The molecule has 0 unspecified atom stereocenters. The lowest BCUT2D eigenvalue weighted by molar-refractivity contribution is 0.597. The van der Waals surface area contributed by atoms with E-state index in [1.165, 1.54) is 12.1 Å². The van der Waals surface area contributed by atoms with Crippen LogP contribution in [0.1, 0.15) is 5.56 Å². The monoisotopic (exact) mass is 307 g/mol. The Labute approximate surface area is 102 Å². The molecular weight excluding hydrogens is 302 g/mol. The third-order valence-electron chi connectivity index (χ3n) is 1.74. The van der Waals surface area contributed by atoms with Crippen LogP contribution >= 0.6 is 27.5 Å². The molecule has 0 bridgehead atoms. The molecule has 0 spiro atoms. The Morgan fingerprint density at radius 2 is 2.13 bits per heavy atom. The minimum atomic E-state index is -3.45. The molecule has 0 aliphatic rings. The molecular formula is C9H7BrClNO2S. The van der Waals surface area contributed by atoms with Gasteiger partial charge in [-0.3, -0.25) is 0 Å². The summed E-state index contributed by atoms with van der Waals surface area (Å²) >= 11 is 8.56. The van der Waals surface area contributed by atoms with Crippen molar-refractivity contribution in [3.8, 4) is 6.07 Å². The maximum Gasteiger partial charge on any atom is 0.180 e. The summed E-state index contributed by atoms with van der Waals surface area (Å²) in [7, 11) is -3.45. The van der Waals surface area contributed by atoms with Gasteiger partial charge in [-0.25, -0.2) is 8.42 Å². The highest BCUT2D eigenvalue weighted by molar-refractivity contribution is 9.10. The largest absolute Gasteiger partial charge is 0.224 e. The van der Waals surface area contributed by atoms with E-state index in [0.29, 0.717) is 4.47 Å². The maximum atomic E-state index is 11.7. The molecule has 0 saturated carbocycles. The van der Waals surface area contributed by atoms with E-state index in [1.807, 2.05) is 6.07 Å². The van der Waals surface area contributed by atoms with Crippen LogP contribution in [0.5, 0.6) is 0 Å². The number of hydrogen-bond acceptors (Lipinski definition) is 3. The van der Waals surface area contributed by atoms with Gasteiger partial charge in [-0.15, -0.1) is 11.6 Å². The molecule has 15 heavy (non-hydrogen) atoms. The Hall–Kier alpha value is -0.570. The standard InChI is InChI=1S/C9H7BrClNO2S/c10-8-1-2-9(7(5-8)6-12)15(13,14)4-3-11/h1-2,5H,3-4H2. The zero-order valence-electron chi connectivity index (χ0n) is 7.57. The summed E-state index contributed by atoms with van der Waals surface area (Å²) in [6.45, 7) is 0. The lowest BCUT2D eigenvalue weighted by atomic mass is 10.2. The number of nitrogens with zero attached hydrogens (tertiary/aromatic N) is 1. The van der Waals surface area contributed by atoms with Crippen molar-refractivity contribution in [3.05, 3.63) is 28.2 Å². The Morgan fingerprint density at radius 1 is 1.47 bits per heavy atom. The van der Waals surface area contributed by atoms with Gasteiger partial charge in [-0.05, 0) is 18.2 Å². The highest BCUT2D eigenvalue weighted by Crippen LogP contribution is 2.21. The highest BCUT2D eigenvalue weighted by atomic mass is 79.9. The van der Waals surface area contributed by atoms with E-state index in [1.54, 1.807) is 6.07 Å². The normalized spacial score (nSPS) is 11.0. The molecule has 80 valence electrons. The number of halogens is 2. The fraction of sp³-hybridized carbons (Fsp3) is 0.222. The molecule has 0 aliphatic carbocycles. The highest BCUT2D eigenvalue weighted by Gasteiger charge is 2.18. The average molecular weight is 309 g/mol. The number of sulfone groups is 1. The molecule has 0 aliphatic heterocycles. The van der Waals surface area contributed by atoms with Gasteiger partial charge >= 0.3 is 0 Å². The third kappa shape index (κ3) is 2.94. The summed E-state index contributed by atoms with van der Waals surface area (Å²) in [5.74, 6) is -0.145. The third-order valence-corrected chi connectivity index (χ3v) is 4.42. The van der Waals surface area contributed by atoms with Crippen LogP contribution in [0.25, 0.3) is 0 Å². The summed E-state index contributed by atoms with van der Waals surface area (Å²) in [6.07, 6.45) is 0. The van der Waals surface area contributed by atoms with E-state index >= 15 is 0 Å². The molecule has 1 rings (SSSR count). The van der Waals surface area contributed by atoms with E-state index in [-0.39, 0.29) is 22.1 Å². The van der Waals surface area contributed by atoms with Gasteiger partial charge in [0.25, 0.3) is 0 Å². The topological polar surface area (TPSA) is 57.9 Å². The molecule has 6 heteroatoms. The van der Waals surface area contributed by atoms with Crippen molar-refractivity contribution in [2.45, 2.75) is 4.90 Å². The molecule has 0 fully saturated rings. The van der Waals surface area contributed by atoms with Crippen molar-refractivity contribution in [2.75, 3.05) is 11.6 Å². The van der Waals surface area contributed by atoms with Crippen LogP contribution in [0.3, 0.4) is 0 Å². The number of alkyl halides is 1. The summed E-state index contributed by atoms with van der Waals surface area (Å²) in [5, 5.41) is 8.81. The van der Waals surface area contributed by atoms with Gasteiger partial charge in [0, 0.05) is 10.4 Å². The summed E-state index contributed by atoms with van der Waals surface area (Å²) in [4.78, 5) is 0.0360. The molecule has 0 N–H and O–H groups in total. The minimum absolute atomic E-state index is 0.0171. The van der Waals surface area contributed by atoms with Crippen molar-refractivity contribution in [1.82, 2.24) is 0 Å². The van der Waals surface area contributed by atoms with Gasteiger partial charge in [0.15, 0.2) is 9.84 Å². The Balaban J connectivity index is 3.33. The second kappa shape index (κ2) is 4.97. The van der Waals surface area contributed by atoms with Crippen LogP contribution in [0.2, 0.25) is 0 Å².